The predicted octanol–water partition coefficient (Wildman–Crippen LogP) is 1.26. The third kappa shape index (κ3) is 3.56. The van der Waals surface area contributed by atoms with E-state index in [1.165, 1.54) is 0 Å². The third-order valence-corrected chi connectivity index (χ3v) is 1.75. The molecule has 2 nitrogen and oxygen atoms in total. The van der Waals surface area contributed by atoms with Gasteiger partial charge < -0.3 is 5.32 Å². The van der Waals surface area contributed by atoms with Gasteiger partial charge in [0.1, 0.15) is 0 Å². The summed E-state index contributed by atoms with van der Waals surface area (Å²) in [5.41, 5.74) is 0.872. The zero-order valence-electron chi connectivity index (χ0n) is 7.74. The summed E-state index contributed by atoms with van der Waals surface area (Å²) in [4.78, 5) is 0. The second kappa shape index (κ2) is 5.14. The first-order valence-electron chi connectivity index (χ1n) is 4.32. The lowest BCUT2D eigenvalue weighted by atomic mass is 10.4. The van der Waals surface area contributed by atoms with E-state index in [9.17, 15) is 0 Å². The third-order valence-electron chi connectivity index (χ3n) is 1.75. The zero-order chi connectivity index (χ0) is 9.52. The highest BCUT2D eigenvalue weighted by Crippen LogP contribution is 1.82. The Balaban J connectivity index is 2.28. The molecule has 0 atom stereocenters. The van der Waals surface area contributed by atoms with Crippen molar-refractivity contribution in [1.82, 2.24) is 5.32 Å². The van der Waals surface area contributed by atoms with Crippen molar-refractivity contribution >= 4 is 0 Å². The quantitative estimate of drug-likeness (QED) is 0.526. The van der Waals surface area contributed by atoms with E-state index in [4.69, 9.17) is 0 Å². The van der Waals surface area contributed by atoms with E-state index < -0.39 is 0 Å². The Bertz CT molecular complexity index is 277. The van der Waals surface area contributed by atoms with Crippen LogP contribution in [0.25, 0.3) is 0 Å². The minimum absolute atomic E-state index is 0.872. The summed E-state index contributed by atoms with van der Waals surface area (Å²) in [7, 11) is 0. The van der Waals surface area contributed by atoms with Gasteiger partial charge in [0.25, 0.3) is 0 Å². The van der Waals surface area contributed by atoms with E-state index in [2.05, 4.69) is 23.0 Å². The van der Waals surface area contributed by atoms with Crippen LogP contribution in [-0.2, 0) is 6.54 Å². The lowest BCUT2D eigenvalue weighted by Crippen LogP contribution is -2.37. The first-order valence-corrected chi connectivity index (χ1v) is 4.32. The van der Waals surface area contributed by atoms with Crippen LogP contribution in [-0.4, -0.2) is 6.54 Å². The summed E-state index contributed by atoms with van der Waals surface area (Å²) in [6, 6.07) is 6.04. The van der Waals surface area contributed by atoms with Crippen LogP contribution < -0.4 is 9.88 Å². The predicted molar refractivity (Wildman–Crippen MR) is 54.0 cm³/mol. The summed E-state index contributed by atoms with van der Waals surface area (Å²) >= 11 is 0. The molecule has 1 aromatic heterocycles. The molecular formula is C11H15N2+. The Kier molecular flexibility index (Phi) is 3.76. The maximum atomic E-state index is 3.77. The van der Waals surface area contributed by atoms with E-state index in [-0.39, 0.29) is 0 Å². The number of nitrogens with one attached hydrogen (secondary N) is 1. The SMILES string of the molecule is C=CC(=C)NCC[n+]1ccccc1. The van der Waals surface area contributed by atoms with E-state index in [1.807, 2.05) is 30.6 Å². The van der Waals surface area contributed by atoms with Crippen molar-refractivity contribution in [2.45, 2.75) is 6.54 Å². The van der Waals surface area contributed by atoms with Crippen LogP contribution in [0.4, 0.5) is 0 Å². The van der Waals surface area contributed by atoms with Gasteiger partial charge in [-0.25, -0.2) is 4.57 Å². The fraction of sp³-hybridized carbons (Fsp3) is 0.182. The molecule has 1 heterocycles. The van der Waals surface area contributed by atoms with Gasteiger partial charge in [0, 0.05) is 17.8 Å². The molecule has 0 fully saturated rings. The molecule has 0 amide bonds. The number of rotatable bonds is 5. The van der Waals surface area contributed by atoms with Gasteiger partial charge >= 0.3 is 0 Å². The van der Waals surface area contributed by atoms with Crippen LogP contribution in [0.5, 0.6) is 0 Å². The molecule has 0 radical (unpaired) electrons. The summed E-state index contributed by atoms with van der Waals surface area (Å²) in [5, 5.41) is 3.15. The minimum Gasteiger partial charge on any atom is -0.379 e. The highest BCUT2D eigenvalue weighted by molar-refractivity contribution is 5.07. The number of aromatic nitrogens is 1. The van der Waals surface area contributed by atoms with Crippen molar-refractivity contribution in [2.24, 2.45) is 0 Å². The molecular weight excluding hydrogens is 160 g/mol. The largest absolute Gasteiger partial charge is 0.379 e. The van der Waals surface area contributed by atoms with E-state index in [0.29, 0.717) is 0 Å². The van der Waals surface area contributed by atoms with Gasteiger partial charge in [0.05, 0.1) is 6.54 Å². The zero-order valence-corrected chi connectivity index (χ0v) is 7.74. The molecule has 0 saturated carbocycles. The molecule has 0 saturated heterocycles. The van der Waals surface area contributed by atoms with E-state index >= 15 is 0 Å². The van der Waals surface area contributed by atoms with Gasteiger partial charge in [0.2, 0.25) is 0 Å². The summed E-state index contributed by atoms with van der Waals surface area (Å²) in [5.74, 6) is 0. The van der Waals surface area contributed by atoms with Crippen LogP contribution in [0.3, 0.4) is 0 Å². The number of hydrogen-bond donors (Lipinski definition) is 1. The molecule has 0 spiro atoms. The number of hydrogen-bond acceptors (Lipinski definition) is 1. The molecule has 0 aliphatic rings. The Morgan fingerprint density at radius 1 is 1.31 bits per heavy atom. The first kappa shape index (κ1) is 9.52. The Labute approximate surface area is 79.2 Å². The van der Waals surface area contributed by atoms with Crippen molar-refractivity contribution in [3.05, 3.63) is 55.5 Å². The lowest BCUT2D eigenvalue weighted by Gasteiger charge is -2.01. The highest BCUT2D eigenvalue weighted by Gasteiger charge is 1.95. The van der Waals surface area contributed by atoms with Crippen molar-refractivity contribution in [3.8, 4) is 0 Å². The standard InChI is InChI=1S/C11H15N2/c1-3-11(2)12-7-10-13-8-5-4-6-9-13/h3-6,8-9,12H,1-2,7,10H2/q+1. The molecule has 1 N–H and O–H groups in total. The van der Waals surface area contributed by atoms with Crippen LogP contribution in [0, 0.1) is 0 Å². The van der Waals surface area contributed by atoms with Gasteiger partial charge in [-0.2, -0.15) is 0 Å². The average Bonchev–Trinajstić information content (AvgIpc) is 2.19. The van der Waals surface area contributed by atoms with Gasteiger partial charge in [-0.05, 0) is 6.08 Å². The normalized spacial score (nSPS) is 9.23. The molecule has 0 unspecified atom stereocenters. The fourth-order valence-electron chi connectivity index (χ4n) is 1.00. The Morgan fingerprint density at radius 3 is 2.62 bits per heavy atom. The van der Waals surface area contributed by atoms with Crippen LogP contribution in [0.2, 0.25) is 0 Å². The van der Waals surface area contributed by atoms with Gasteiger partial charge in [-0.3, -0.25) is 0 Å². The lowest BCUT2D eigenvalue weighted by molar-refractivity contribution is -0.695. The molecule has 2 heteroatoms. The van der Waals surface area contributed by atoms with Gasteiger partial charge in [-0.1, -0.05) is 19.2 Å². The average molecular weight is 175 g/mol. The highest BCUT2D eigenvalue weighted by atomic mass is 15.0. The number of pyridine rings is 1. The fourth-order valence-corrected chi connectivity index (χ4v) is 1.00. The molecule has 0 aliphatic carbocycles. The maximum absolute atomic E-state index is 3.77. The number of allylic oxidation sites excluding steroid dienone is 1. The van der Waals surface area contributed by atoms with Crippen LogP contribution in [0.1, 0.15) is 0 Å². The second-order valence-electron chi connectivity index (χ2n) is 2.77. The maximum Gasteiger partial charge on any atom is 0.168 e. The van der Waals surface area contributed by atoms with Crippen molar-refractivity contribution in [1.29, 1.82) is 0 Å². The summed E-state index contributed by atoms with van der Waals surface area (Å²) in [6.45, 7) is 9.20. The van der Waals surface area contributed by atoms with Gasteiger partial charge in [0.15, 0.2) is 18.9 Å². The summed E-state index contributed by atoms with van der Waals surface area (Å²) in [6.07, 6.45) is 5.80. The van der Waals surface area contributed by atoms with Crippen molar-refractivity contribution in [2.75, 3.05) is 6.54 Å². The Morgan fingerprint density at radius 2 is 2.00 bits per heavy atom. The van der Waals surface area contributed by atoms with Crippen LogP contribution >= 0.6 is 0 Å². The van der Waals surface area contributed by atoms with E-state index in [1.54, 1.807) is 6.08 Å². The topological polar surface area (TPSA) is 15.9 Å². The minimum atomic E-state index is 0.872. The molecule has 1 aromatic rings. The monoisotopic (exact) mass is 175 g/mol. The number of nitrogens with zero attached hydrogens (tertiary/aromatic N) is 1. The molecule has 0 bridgehead atoms. The van der Waals surface area contributed by atoms with Gasteiger partial charge in [-0.15, -0.1) is 0 Å². The Hall–Kier alpha value is -1.57. The summed E-state index contributed by atoms with van der Waals surface area (Å²) < 4.78 is 2.11. The van der Waals surface area contributed by atoms with Crippen LogP contribution in [0.15, 0.2) is 55.5 Å². The molecule has 0 aromatic carbocycles. The molecule has 13 heavy (non-hydrogen) atoms. The first-order chi connectivity index (χ1) is 6.33. The second-order valence-corrected chi connectivity index (χ2v) is 2.77. The van der Waals surface area contributed by atoms with Crippen molar-refractivity contribution < 1.29 is 4.57 Å². The molecule has 0 aliphatic heterocycles. The molecule has 68 valence electrons. The van der Waals surface area contributed by atoms with Crippen molar-refractivity contribution in [3.63, 3.8) is 0 Å². The van der Waals surface area contributed by atoms with E-state index in [0.717, 1.165) is 18.8 Å². The smallest absolute Gasteiger partial charge is 0.168 e. The molecule has 1 rings (SSSR count).